The zero-order chi connectivity index (χ0) is 16.2. The van der Waals surface area contributed by atoms with Crippen LogP contribution in [0.5, 0.6) is 5.75 Å². The summed E-state index contributed by atoms with van der Waals surface area (Å²) >= 11 is 5.88. The van der Waals surface area contributed by atoms with E-state index in [1.54, 1.807) is 13.3 Å². The number of ketones is 1. The second-order valence-corrected chi connectivity index (χ2v) is 6.26. The van der Waals surface area contributed by atoms with Crippen LogP contribution in [0.2, 0.25) is 5.02 Å². The molecule has 5 nitrogen and oxygen atoms in total. The first-order valence-corrected chi connectivity index (χ1v) is 8.12. The summed E-state index contributed by atoms with van der Waals surface area (Å²) in [6.45, 7) is 2.50. The van der Waals surface area contributed by atoms with E-state index in [0.717, 1.165) is 43.9 Å². The Morgan fingerprint density at radius 3 is 2.57 bits per heavy atom. The predicted molar refractivity (Wildman–Crippen MR) is 88.9 cm³/mol. The maximum absolute atomic E-state index is 12.6. The van der Waals surface area contributed by atoms with Crippen molar-refractivity contribution in [1.29, 1.82) is 0 Å². The van der Waals surface area contributed by atoms with Gasteiger partial charge in [-0.05, 0) is 37.1 Å². The van der Waals surface area contributed by atoms with Crippen LogP contribution in [0, 0.1) is 5.92 Å². The molecule has 0 spiro atoms. The largest absolute Gasteiger partial charge is 0.497 e. The van der Waals surface area contributed by atoms with E-state index in [1.165, 1.54) is 0 Å². The normalized spacial score (nSPS) is 16.4. The van der Waals surface area contributed by atoms with Gasteiger partial charge in [-0.3, -0.25) is 14.4 Å². The first-order chi connectivity index (χ1) is 11.2. The van der Waals surface area contributed by atoms with Crippen molar-refractivity contribution in [2.45, 2.75) is 19.5 Å². The molecular weight excluding hydrogens is 314 g/mol. The number of carbonyl (C=O) groups is 1. The maximum atomic E-state index is 12.6. The van der Waals surface area contributed by atoms with Gasteiger partial charge in [-0.15, -0.1) is 0 Å². The molecule has 2 heterocycles. The topological polar surface area (TPSA) is 47.4 Å². The minimum atomic E-state index is 0.0980. The molecule has 1 saturated heterocycles. The highest BCUT2D eigenvalue weighted by Gasteiger charge is 2.25. The maximum Gasteiger partial charge on any atom is 0.166 e. The Labute approximate surface area is 140 Å². The molecule has 1 fully saturated rings. The number of rotatable bonds is 5. The first kappa shape index (κ1) is 16.0. The van der Waals surface area contributed by atoms with Crippen molar-refractivity contribution >= 4 is 17.4 Å². The Balaban J connectivity index is 1.54. The van der Waals surface area contributed by atoms with Gasteiger partial charge in [0.2, 0.25) is 0 Å². The Bertz CT molecular complexity index is 661. The third-order valence-corrected chi connectivity index (χ3v) is 4.47. The van der Waals surface area contributed by atoms with Gasteiger partial charge in [0, 0.05) is 30.8 Å². The first-order valence-electron chi connectivity index (χ1n) is 7.74. The number of hydrogen-bond donors (Lipinski definition) is 0. The van der Waals surface area contributed by atoms with Gasteiger partial charge in [0.25, 0.3) is 0 Å². The summed E-state index contributed by atoms with van der Waals surface area (Å²) in [6.07, 6.45) is 5.21. The lowest BCUT2D eigenvalue weighted by Crippen LogP contribution is -2.37. The minimum Gasteiger partial charge on any atom is -0.497 e. The van der Waals surface area contributed by atoms with Crippen LogP contribution in [0.3, 0.4) is 0 Å². The molecule has 1 aromatic heterocycles. The van der Waals surface area contributed by atoms with Crippen LogP contribution in [0.25, 0.3) is 0 Å². The van der Waals surface area contributed by atoms with E-state index in [2.05, 4.69) is 10.00 Å². The molecule has 1 aliphatic heterocycles. The number of methoxy groups -OCH3 is 1. The lowest BCUT2D eigenvalue weighted by Gasteiger charge is -2.31. The van der Waals surface area contributed by atoms with Gasteiger partial charge >= 0.3 is 0 Å². The number of aromatic nitrogens is 2. The lowest BCUT2D eigenvalue weighted by molar-refractivity contribution is 0.0804. The number of carbonyl (C=O) groups excluding carboxylic acids is 1. The smallest absolute Gasteiger partial charge is 0.166 e. The Morgan fingerprint density at radius 2 is 2.00 bits per heavy atom. The third-order valence-electron chi connectivity index (χ3n) is 4.28. The van der Waals surface area contributed by atoms with E-state index in [4.69, 9.17) is 16.3 Å². The molecule has 6 heteroatoms. The second kappa shape index (κ2) is 7.15. The van der Waals surface area contributed by atoms with Crippen molar-refractivity contribution in [3.05, 3.63) is 47.2 Å². The zero-order valence-electron chi connectivity index (χ0n) is 13.1. The molecular formula is C17H20ClN3O2. The van der Waals surface area contributed by atoms with Gasteiger partial charge in [-0.1, -0.05) is 11.6 Å². The number of Topliss-reactive ketones (excluding diaryl/α,β-unsaturated/α-hetero) is 1. The van der Waals surface area contributed by atoms with Crippen molar-refractivity contribution < 1.29 is 9.53 Å². The standard InChI is InChI=1S/C17H20ClN3O2/c1-23-16-4-2-13(3-5-16)17(22)14-6-8-20(9-7-14)12-21-11-15(18)10-19-21/h2-5,10-11,14H,6-9,12H2,1H3. The van der Waals surface area contributed by atoms with Crippen molar-refractivity contribution in [2.75, 3.05) is 20.2 Å². The fraction of sp³-hybridized carbons (Fsp3) is 0.412. The molecule has 0 unspecified atom stereocenters. The monoisotopic (exact) mass is 333 g/mol. The summed E-state index contributed by atoms with van der Waals surface area (Å²) in [6, 6.07) is 7.37. The summed E-state index contributed by atoms with van der Waals surface area (Å²) in [7, 11) is 1.62. The molecule has 0 radical (unpaired) electrons. The van der Waals surface area contributed by atoms with Crippen LogP contribution >= 0.6 is 11.6 Å². The highest BCUT2D eigenvalue weighted by Crippen LogP contribution is 2.23. The molecule has 2 aromatic rings. The molecule has 23 heavy (non-hydrogen) atoms. The van der Waals surface area contributed by atoms with Crippen molar-refractivity contribution in [3.63, 3.8) is 0 Å². The number of hydrogen-bond acceptors (Lipinski definition) is 4. The van der Waals surface area contributed by atoms with Crippen LogP contribution in [0.1, 0.15) is 23.2 Å². The van der Waals surface area contributed by atoms with E-state index >= 15 is 0 Å². The van der Waals surface area contributed by atoms with Crippen molar-refractivity contribution in [2.24, 2.45) is 5.92 Å². The molecule has 0 atom stereocenters. The number of nitrogens with zero attached hydrogens (tertiary/aromatic N) is 3. The summed E-state index contributed by atoms with van der Waals surface area (Å²) in [5, 5.41) is 4.84. The van der Waals surface area contributed by atoms with Gasteiger partial charge in [0.1, 0.15) is 5.75 Å². The highest BCUT2D eigenvalue weighted by molar-refractivity contribution is 6.30. The summed E-state index contributed by atoms with van der Waals surface area (Å²) in [5.74, 6) is 1.10. The van der Waals surface area contributed by atoms with Gasteiger partial charge in [-0.2, -0.15) is 5.10 Å². The number of likely N-dealkylation sites (tertiary alicyclic amines) is 1. The van der Waals surface area contributed by atoms with Crippen LogP contribution < -0.4 is 4.74 Å². The molecule has 0 amide bonds. The molecule has 0 aliphatic carbocycles. The molecule has 1 aliphatic rings. The lowest BCUT2D eigenvalue weighted by atomic mass is 9.89. The van der Waals surface area contributed by atoms with E-state index < -0.39 is 0 Å². The molecule has 122 valence electrons. The second-order valence-electron chi connectivity index (χ2n) is 5.82. The molecule has 0 N–H and O–H groups in total. The average Bonchev–Trinajstić information content (AvgIpc) is 3.00. The Kier molecular flexibility index (Phi) is 4.98. The van der Waals surface area contributed by atoms with Crippen molar-refractivity contribution in [3.8, 4) is 5.75 Å². The number of piperidine rings is 1. The van der Waals surface area contributed by atoms with Gasteiger partial charge < -0.3 is 4.74 Å². The summed E-state index contributed by atoms with van der Waals surface area (Å²) < 4.78 is 6.96. The fourth-order valence-electron chi connectivity index (χ4n) is 2.95. The SMILES string of the molecule is COc1ccc(C(=O)C2CCN(Cn3cc(Cl)cn3)CC2)cc1. The molecule has 0 saturated carbocycles. The van der Waals surface area contributed by atoms with Crippen LogP contribution in [-0.2, 0) is 6.67 Å². The van der Waals surface area contributed by atoms with Crippen LogP contribution in [0.15, 0.2) is 36.7 Å². The van der Waals surface area contributed by atoms with Crippen LogP contribution in [0.4, 0.5) is 0 Å². The highest BCUT2D eigenvalue weighted by atomic mass is 35.5. The zero-order valence-corrected chi connectivity index (χ0v) is 13.9. The number of ether oxygens (including phenoxy) is 1. The quantitative estimate of drug-likeness (QED) is 0.789. The van der Waals surface area contributed by atoms with E-state index in [0.29, 0.717) is 5.02 Å². The third kappa shape index (κ3) is 3.92. The molecule has 0 bridgehead atoms. The van der Waals surface area contributed by atoms with Gasteiger partial charge in [-0.25, -0.2) is 0 Å². The number of benzene rings is 1. The Hall–Kier alpha value is -1.85. The number of halogens is 1. The fourth-order valence-corrected chi connectivity index (χ4v) is 3.10. The average molecular weight is 334 g/mol. The summed E-state index contributed by atoms with van der Waals surface area (Å²) in [5.41, 5.74) is 0.767. The van der Waals surface area contributed by atoms with E-state index in [-0.39, 0.29) is 11.7 Å². The van der Waals surface area contributed by atoms with Gasteiger partial charge in [0.15, 0.2) is 5.78 Å². The van der Waals surface area contributed by atoms with E-state index in [1.807, 2.05) is 35.1 Å². The van der Waals surface area contributed by atoms with Gasteiger partial charge in [0.05, 0.1) is 25.0 Å². The predicted octanol–water partition coefficient (Wildman–Crippen LogP) is 3.10. The van der Waals surface area contributed by atoms with E-state index in [9.17, 15) is 4.79 Å². The minimum absolute atomic E-state index is 0.0980. The molecule has 3 rings (SSSR count). The van der Waals surface area contributed by atoms with Crippen molar-refractivity contribution in [1.82, 2.24) is 14.7 Å². The Morgan fingerprint density at radius 1 is 1.30 bits per heavy atom. The molecule has 1 aromatic carbocycles. The van der Waals surface area contributed by atoms with Crippen LogP contribution in [-0.4, -0.2) is 40.7 Å². The summed E-state index contributed by atoms with van der Waals surface area (Å²) in [4.78, 5) is 14.9.